The number of nitrogens with one attached hydrogen (secondary N) is 1. The van der Waals surface area contributed by atoms with Gasteiger partial charge in [-0.3, -0.25) is 9.89 Å². The van der Waals surface area contributed by atoms with Gasteiger partial charge in [-0.2, -0.15) is 5.10 Å². The third-order valence-electron chi connectivity index (χ3n) is 5.14. The molecule has 0 radical (unpaired) electrons. The highest BCUT2D eigenvalue weighted by atomic mass is 28.3. The maximum Gasteiger partial charge on any atom is 0.170 e. The van der Waals surface area contributed by atoms with Crippen LogP contribution in [0.2, 0.25) is 25.7 Å². The number of aromatic amines is 1. The monoisotopic (exact) mass is 398 g/mol. The van der Waals surface area contributed by atoms with E-state index in [0.29, 0.717) is 19.0 Å². The zero-order valence-electron chi connectivity index (χ0n) is 16.6. The first-order valence-corrected chi connectivity index (χ1v) is 13.3. The molecule has 1 aliphatic heterocycles. The Morgan fingerprint density at radius 1 is 1.32 bits per heavy atom. The Hall–Kier alpha value is -2.52. The molecule has 8 nitrogen and oxygen atoms in total. The molecule has 0 bridgehead atoms. The van der Waals surface area contributed by atoms with E-state index in [9.17, 15) is 4.79 Å². The summed E-state index contributed by atoms with van der Waals surface area (Å²) in [5, 5.41) is 8.07. The number of carbonyl (C=O) groups excluding carboxylic acids is 1. The first kappa shape index (κ1) is 18.8. The van der Waals surface area contributed by atoms with Crippen molar-refractivity contribution in [3.8, 4) is 0 Å². The minimum absolute atomic E-state index is 0.485. The molecule has 0 aromatic carbocycles. The molecule has 0 saturated heterocycles. The van der Waals surface area contributed by atoms with Crippen LogP contribution in [0.15, 0.2) is 18.6 Å². The van der Waals surface area contributed by atoms with Gasteiger partial charge in [-0.05, 0) is 12.1 Å². The Balaban J connectivity index is 1.53. The second-order valence-electron chi connectivity index (χ2n) is 8.42. The predicted octanol–water partition coefficient (Wildman–Crippen LogP) is 2.84. The quantitative estimate of drug-likeness (QED) is 0.374. The van der Waals surface area contributed by atoms with Gasteiger partial charge in [0.05, 0.1) is 5.39 Å². The van der Waals surface area contributed by atoms with Gasteiger partial charge in [-0.1, -0.05) is 19.6 Å². The minimum atomic E-state index is -1.09. The molecule has 0 unspecified atom stereocenters. The third kappa shape index (κ3) is 3.72. The van der Waals surface area contributed by atoms with Crippen molar-refractivity contribution in [1.82, 2.24) is 24.7 Å². The summed E-state index contributed by atoms with van der Waals surface area (Å²) in [6.45, 7) is 9.74. The molecule has 4 rings (SSSR count). The standard InChI is InChI=1S/C19H26N6O2Si/c1-28(2,3)9-8-27-13-25-6-4-14-18(20-12-21-19(14)25)24-7-5-16-15(10-24)17(11-26)23-22-16/h4,6,11-12H,5,7-10,13H2,1-3H3,(H,22,23). The minimum Gasteiger partial charge on any atom is -0.361 e. The Labute approximate surface area is 164 Å². The van der Waals surface area contributed by atoms with Crippen molar-refractivity contribution in [2.45, 2.75) is 45.4 Å². The first-order valence-electron chi connectivity index (χ1n) is 9.60. The number of carbonyl (C=O) groups is 1. The maximum atomic E-state index is 11.2. The lowest BCUT2D eigenvalue weighted by Crippen LogP contribution is -2.31. The number of aldehydes is 1. The average Bonchev–Trinajstić information content (AvgIpc) is 3.27. The van der Waals surface area contributed by atoms with Crippen molar-refractivity contribution in [2.24, 2.45) is 0 Å². The lowest BCUT2D eigenvalue weighted by atomic mass is 10.1. The number of hydrogen-bond acceptors (Lipinski definition) is 6. The van der Waals surface area contributed by atoms with Crippen molar-refractivity contribution < 1.29 is 9.53 Å². The number of ether oxygens (including phenoxy) is 1. The summed E-state index contributed by atoms with van der Waals surface area (Å²) < 4.78 is 7.91. The molecule has 1 aliphatic rings. The lowest BCUT2D eigenvalue weighted by molar-refractivity contribution is 0.0899. The normalized spacial score (nSPS) is 14.5. The molecule has 0 spiro atoms. The highest BCUT2D eigenvalue weighted by Crippen LogP contribution is 2.29. The molecule has 148 valence electrons. The fourth-order valence-electron chi connectivity index (χ4n) is 3.48. The first-order chi connectivity index (χ1) is 13.5. The van der Waals surface area contributed by atoms with Crippen molar-refractivity contribution in [1.29, 1.82) is 0 Å². The number of aromatic nitrogens is 5. The van der Waals surface area contributed by atoms with Crippen LogP contribution in [0.4, 0.5) is 5.82 Å². The summed E-state index contributed by atoms with van der Waals surface area (Å²) in [5.41, 5.74) is 3.35. The predicted molar refractivity (Wildman–Crippen MR) is 110 cm³/mol. The van der Waals surface area contributed by atoms with Gasteiger partial charge in [0, 0.05) is 51.6 Å². The van der Waals surface area contributed by atoms with Gasteiger partial charge >= 0.3 is 0 Å². The topological polar surface area (TPSA) is 88.9 Å². The van der Waals surface area contributed by atoms with Crippen molar-refractivity contribution in [3.05, 3.63) is 35.5 Å². The number of anilines is 1. The van der Waals surface area contributed by atoms with Crippen molar-refractivity contribution in [3.63, 3.8) is 0 Å². The Morgan fingerprint density at radius 2 is 2.18 bits per heavy atom. The molecule has 1 N–H and O–H groups in total. The molecular formula is C19H26N6O2Si. The number of rotatable bonds is 7. The molecule has 0 atom stereocenters. The number of hydrogen-bond donors (Lipinski definition) is 1. The fourth-order valence-corrected chi connectivity index (χ4v) is 4.24. The summed E-state index contributed by atoms with van der Waals surface area (Å²) in [6.07, 6.45) is 5.22. The Bertz CT molecular complexity index is 990. The van der Waals surface area contributed by atoms with E-state index in [0.717, 1.165) is 60.0 Å². The Kier molecular flexibility index (Phi) is 5.03. The zero-order chi connectivity index (χ0) is 19.7. The van der Waals surface area contributed by atoms with E-state index < -0.39 is 8.07 Å². The molecule has 0 saturated carbocycles. The maximum absolute atomic E-state index is 11.2. The van der Waals surface area contributed by atoms with Crippen molar-refractivity contribution >= 4 is 31.2 Å². The van der Waals surface area contributed by atoms with E-state index in [-0.39, 0.29) is 0 Å². The molecule has 0 amide bonds. The van der Waals surface area contributed by atoms with Crippen LogP contribution in [0.25, 0.3) is 11.0 Å². The van der Waals surface area contributed by atoms with E-state index in [4.69, 9.17) is 4.74 Å². The van der Waals surface area contributed by atoms with Crippen LogP contribution in [0.1, 0.15) is 21.7 Å². The smallest absolute Gasteiger partial charge is 0.170 e. The molecule has 4 heterocycles. The van der Waals surface area contributed by atoms with E-state index >= 15 is 0 Å². The van der Waals surface area contributed by atoms with Crippen LogP contribution >= 0.6 is 0 Å². The van der Waals surface area contributed by atoms with Crippen LogP contribution < -0.4 is 4.90 Å². The largest absolute Gasteiger partial charge is 0.361 e. The molecule has 9 heteroatoms. The van der Waals surface area contributed by atoms with Gasteiger partial charge < -0.3 is 14.2 Å². The van der Waals surface area contributed by atoms with Gasteiger partial charge in [0.15, 0.2) is 6.29 Å². The summed E-state index contributed by atoms with van der Waals surface area (Å²) >= 11 is 0. The van der Waals surface area contributed by atoms with Gasteiger partial charge in [0.1, 0.15) is 30.2 Å². The molecule has 3 aromatic rings. The van der Waals surface area contributed by atoms with Gasteiger partial charge in [-0.25, -0.2) is 9.97 Å². The number of H-pyrrole nitrogens is 1. The second kappa shape index (κ2) is 7.48. The highest BCUT2D eigenvalue weighted by Gasteiger charge is 2.24. The van der Waals surface area contributed by atoms with E-state index in [1.165, 1.54) is 0 Å². The fraction of sp³-hybridized carbons (Fsp3) is 0.474. The molecule has 0 aliphatic carbocycles. The third-order valence-corrected chi connectivity index (χ3v) is 6.84. The van der Waals surface area contributed by atoms with Gasteiger partial charge in [0.25, 0.3) is 0 Å². The van der Waals surface area contributed by atoms with Crippen LogP contribution in [-0.2, 0) is 24.4 Å². The van der Waals surface area contributed by atoms with E-state index in [1.54, 1.807) is 6.33 Å². The van der Waals surface area contributed by atoms with E-state index in [1.807, 2.05) is 16.8 Å². The zero-order valence-corrected chi connectivity index (χ0v) is 17.6. The summed E-state index contributed by atoms with van der Waals surface area (Å²) in [4.78, 5) is 22.4. The summed E-state index contributed by atoms with van der Waals surface area (Å²) in [5.74, 6) is 0.884. The molecular weight excluding hydrogens is 372 g/mol. The molecule has 3 aromatic heterocycles. The van der Waals surface area contributed by atoms with Crippen LogP contribution in [-0.4, -0.2) is 52.2 Å². The summed E-state index contributed by atoms with van der Waals surface area (Å²) in [7, 11) is -1.09. The van der Waals surface area contributed by atoms with Gasteiger partial charge in [0.2, 0.25) is 0 Å². The SMILES string of the molecule is C[Si](C)(C)CCOCn1ccc2c(N3CCc4[nH]nc(C=O)c4C3)ncnc21. The van der Waals surface area contributed by atoms with Crippen LogP contribution in [0.5, 0.6) is 0 Å². The Morgan fingerprint density at radius 3 is 2.96 bits per heavy atom. The van der Waals surface area contributed by atoms with Crippen LogP contribution in [0, 0.1) is 0 Å². The lowest BCUT2D eigenvalue weighted by Gasteiger charge is -2.28. The molecule has 0 fully saturated rings. The van der Waals surface area contributed by atoms with Gasteiger partial charge in [-0.15, -0.1) is 0 Å². The summed E-state index contributed by atoms with van der Waals surface area (Å²) in [6, 6.07) is 3.18. The van der Waals surface area contributed by atoms with Crippen molar-refractivity contribution in [2.75, 3.05) is 18.1 Å². The second-order valence-corrected chi connectivity index (χ2v) is 14.0. The number of fused-ring (bicyclic) bond motifs is 2. The van der Waals surface area contributed by atoms with Crippen LogP contribution in [0.3, 0.4) is 0 Å². The average molecular weight is 399 g/mol. The molecule has 28 heavy (non-hydrogen) atoms. The highest BCUT2D eigenvalue weighted by molar-refractivity contribution is 6.76. The van der Waals surface area contributed by atoms with E-state index in [2.05, 4.69) is 44.7 Å². The number of nitrogens with zero attached hydrogens (tertiary/aromatic N) is 5.